The average Bonchev–Trinajstić information content (AvgIpc) is 2.68. The van der Waals surface area contributed by atoms with E-state index in [4.69, 9.17) is 4.18 Å². The molecular weight excluding hydrogens is 288 g/mol. The van der Waals surface area contributed by atoms with Crippen LogP contribution in [0.5, 0.6) is 0 Å². The third-order valence-electron chi connectivity index (χ3n) is 2.55. The SMILES string of the molecule is C=Cc1ccc(S(=O)(=O)OC2C=CS(=O)(=O)C2)cc1. The molecule has 102 valence electrons. The van der Waals surface area contributed by atoms with Gasteiger partial charge in [-0.1, -0.05) is 24.8 Å². The Morgan fingerprint density at radius 3 is 2.37 bits per heavy atom. The van der Waals surface area contributed by atoms with Gasteiger partial charge in [-0.15, -0.1) is 0 Å². The molecule has 1 unspecified atom stereocenters. The standard InChI is InChI=1S/C12H12O5S2/c1-2-10-3-5-12(6-4-10)19(15,16)17-11-7-8-18(13,14)9-11/h2-8,11H,1,9H2. The van der Waals surface area contributed by atoms with Gasteiger partial charge in [-0.3, -0.25) is 4.18 Å². The summed E-state index contributed by atoms with van der Waals surface area (Å²) in [7, 11) is -7.31. The van der Waals surface area contributed by atoms with Crippen molar-refractivity contribution in [2.75, 3.05) is 5.75 Å². The highest BCUT2D eigenvalue weighted by Crippen LogP contribution is 2.20. The molecule has 1 aliphatic heterocycles. The molecule has 0 saturated carbocycles. The minimum Gasteiger partial charge on any atom is -0.258 e. The van der Waals surface area contributed by atoms with Gasteiger partial charge in [0.1, 0.15) is 6.10 Å². The van der Waals surface area contributed by atoms with Gasteiger partial charge in [0.2, 0.25) is 0 Å². The Labute approximate surface area is 112 Å². The van der Waals surface area contributed by atoms with Crippen molar-refractivity contribution in [3.8, 4) is 0 Å². The van der Waals surface area contributed by atoms with Gasteiger partial charge in [-0.25, -0.2) is 8.42 Å². The van der Waals surface area contributed by atoms with Crippen LogP contribution in [0.15, 0.2) is 47.2 Å². The summed E-state index contributed by atoms with van der Waals surface area (Å²) in [5.41, 5.74) is 0.780. The second kappa shape index (κ2) is 4.92. The molecule has 0 bridgehead atoms. The molecule has 1 aliphatic rings. The lowest BCUT2D eigenvalue weighted by atomic mass is 10.2. The zero-order valence-corrected chi connectivity index (χ0v) is 11.5. The van der Waals surface area contributed by atoms with Crippen LogP contribution in [0, 0.1) is 0 Å². The first-order valence-electron chi connectivity index (χ1n) is 5.39. The van der Waals surface area contributed by atoms with Gasteiger partial charge in [0, 0.05) is 5.41 Å². The summed E-state index contributed by atoms with van der Waals surface area (Å²) in [5.74, 6) is -0.350. The molecule has 1 aromatic rings. The van der Waals surface area contributed by atoms with Crippen LogP contribution >= 0.6 is 0 Å². The Morgan fingerprint density at radius 2 is 1.89 bits per heavy atom. The molecule has 1 atom stereocenters. The molecule has 0 amide bonds. The molecule has 19 heavy (non-hydrogen) atoms. The fourth-order valence-corrected chi connectivity index (χ4v) is 3.88. The average molecular weight is 300 g/mol. The van der Waals surface area contributed by atoms with Gasteiger partial charge in [-0.05, 0) is 23.8 Å². The predicted octanol–water partition coefficient (Wildman–Crippen LogP) is 1.35. The first-order valence-corrected chi connectivity index (χ1v) is 8.51. The molecule has 1 heterocycles. The summed E-state index contributed by atoms with van der Waals surface area (Å²) in [5, 5.41) is 0.966. The second-order valence-corrected chi connectivity index (χ2v) is 7.52. The fraction of sp³-hybridized carbons (Fsp3) is 0.167. The second-order valence-electron chi connectivity index (χ2n) is 4.02. The van der Waals surface area contributed by atoms with E-state index in [0.29, 0.717) is 0 Å². The van der Waals surface area contributed by atoms with Crippen LogP contribution in [0.4, 0.5) is 0 Å². The Hall–Kier alpha value is -1.44. The van der Waals surface area contributed by atoms with Crippen molar-refractivity contribution in [1.29, 1.82) is 0 Å². The van der Waals surface area contributed by atoms with Crippen LogP contribution in [-0.2, 0) is 24.1 Å². The van der Waals surface area contributed by atoms with Crippen molar-refractivity contribution in [2.24, 2.45) is 0 Å². The molecule has 2 rings (SSSR count). The summed E-state index contributed by atoms with van der Waals surface area (Å²) in [6, 6.07) is 5.95. The van der Waals surface area contributed by atoms with E-state index < -0.39 is 26.1 Å². The van der Waals surface area contributed by atoms with Gasteiger partial charge >= 0.3 is 0 Å². The van der Waals surface area contributed by atoms with Gasteiger partial charge in [-0.2, -0.15) is 8.42 Å². The number of hydrogen-bond donors (Lipinski definition) is 0. The molecule has 5 nitrogen and oxygen atoms in total. The van der Waals surface area contributed by atoms with Crippen molar-refractivity contribution in [2.45, 2.75) is 11.0 Å². The number of sulfone groups is 1. The van der Waals surface area contributed by atoms with Gasteiger partial charge in [0.25, 0.3) is 10.1 Å². The Balaban J connectivity index is 2.19. The van der Waals surface area contributed by atoms with Crippen LogP contribution in [0.25, 0.3) is 6.08 Å². The van der Waals surface area contributed by atoms with Crippen molar-refractivity contribution in [1.82, 2.24) is 0 Å². The van der Waals surface area contributed by atoms with Crippen molar-refractivity contribution in [3.05, 3.63) is 47.9 Å². The maximum absolute atomic E-state index is 11.9. The Kier molecular flexibility index (Phi) is 3.62. The van der Waals surface area contributed by atoms with E-state index in [9.17, 15) is 16.8 Å². The smallest absolute Gasteiger partial charge is 0.258 e. The van der Waals surface area contributed by atoms with Crippen molar-refractivity contribution < 1.29 is 21.0 Å². The predicted molar refractivity (Wildman–Crippen MR) is 71.5 cm³/mol. The molecule has 0 spiro atoms. The highest BCUT2D eigenvalue weighted by molar-refractivity contribution is 7.94. The third kappa shape index (κ3) is 3.31. The number of rotatable bonds is 4. The summed E-state index contributed by atoms with van der Waals surface area (Å²) in [6.07, 6.45) is 1.85. The van der Waals surface area contributed by atoms with E-state index in [1.807, 2.05) is 0 Å². The third-order valence-corrected chi connectivity index (χ3v) is 5.27. The minimum atomic E-state index is -3.97. The summed E-state index contributed by atoms with van der Waals surface area (Å²) < 4.78 is 51.1. The molecule has 0 N–H and O–H groups in total. The Bertz CT molecular complexity index is 712. The van der Waals surface area contributed by atoms with Crippen molar-refractivity contribution in [3.63, 3.8) is 0 Å². The largest absolute Gasteiger partial charge is 0.297 e. The molecule has 7 heteroatoms. The molecule has 0 fully saturated rings. The molecular formula is C12H12O5S2. The molecule has 0 aromatic heterocycles. The van der Waals surface area contributed by atoms with Crippen LogP contribution in [0.1, 0.15) is 5.56 Å². The summed E-state index contributed by atoms with van der Waals surface area (Å²) >= 11 is 0. The van der Waals surface area contributed by atoms with Crippen LogP contribution < -0.4 is 0 Å². The summed E-state index contributed by atoms with van der Waals surface area (Å²) in [4.78, 5) is -0.0178. The van der Waals surface area contributed by atoms with Gasteiger partial charge < -0.3 is 0 Å². The van der Waals surface area contributed by atoms with Crippen LogP contribution in [0.3, 0.4) is 0 Å². The fourth-order valence-electron chi connectivity index (χ4n) is 1.60. The lowest BCUT2D eigenvalue weighted by molar-refractivity contribution is 0.279. The topological polar surface area (TPSA) is 77.5 Å². The quantitative estimate of drug-likeness (QED) is 0.784. The first-order chi connectivity index (χ1) is 8.82. The monoisotopic (exact) mass is 300 g/mol. The minimum absolute atomic E-state index is 0.0178. The highest BCUT2D eigenvalue weighted by Gasteiger charge is 2.28. The number of hydrogen-bond acceptors (Lipinski definition) is 5. The summed E-state index contributed by atoms with van der Waals surface area (Å²) in [6.45, 7) is 3.57. The van der Waals surface area contributed by atoms with E-state index in [-0.39, 0.29) is 10.6 Å². The lowest BCUT2D eigenvalue weighted by Gasteiger charge is -2.09. The lowest BCUT2D eigenvalue weighted by Crippen LogP contribution is -2.20. The van der Waals surface area contributed by atoms with Gasteiger partial charge in [0.05, 0.1) is 10.6 Å². The zero-order chi connectivity index (χ0) is 14.1. The molecule has 0 aliphatic carbocycles. The van der Waals surface area contributed by atoms with E-state index >= 15 is 0 Å². The normalized spacial score (nSPS) is 21.4. The number of benzene rings is 1. The highest BCUT2D eigenvalue weighted by atomic mass is 32.2. The first kappa shape index (κ1) is 14.0. The maximum Gasteiger partial charge on any atom is 0.297 e. The van der Waals surface area contributed by atoms with Crippen molar-refractivity contribution >= 4 is 26.0 Å². The maximum atomic E-state index is 11.9. The van der Waals surface area contributed by atoms with Gasteiger partial charge in [0.15, 0.2) is 9.84 Å². The Morgan fingerprint density at radius 1 is 1.26 bits per heavy atom. The van der Waals surface area contributed by atoms with Crippen LogP contribution in [-0.4, -0.2) is 28.7 Å². The van der Waals surface area contributed by atoms with E-state index in [1.165, 1.54) is 18.2 Å². The molecule has 1 aromatic carbocycles. The molecule has 0 radical (unpaired) electrons. The van der Waals surface area contributed by atoms with E-state index in [2.05, 4.69) is 6.58 Å². The van der Waals surface area contributed by atoms with E-state index in [1.54, 1.807) is 18.2 Å². The van der Waals surface area contributed by atoms with E-state index in [0.717, 1.165) is 11.0 Å². The molecule has 0 saturated heterocycles. The zero-order valence-electron chi connectivity index (χ0n) is 9.89. The van der Waals surface area contributed by atoms with Crippen LogP contribution in [0.2, 0.25) is 0 Å².